The number of carbonyl (C=O) groups excluding carboxylic acids is 1. The lowest BCUT2D eigenvalue weighted by Crippen LogP contribution is -2.48. The van der Waals surface area contributed by atoms with Crippen molar-refractivity contribution in [2.24, 2.45) is 17.3 Å². The molecule has 2 fully saturated rings. The first-order valence-electron chi connectivity index (χ1n) is 14.7. The average Bonchev–Trinajstić information content (AvgIpc) is 3.35. The lowest BCUT2D eigenvalue weighted by atomic mass is 9.47. The van der Waals surface area contributed by atoms with Gasteiger partial charge in [0.1, 0.15) is 5.82 Å². The number of hydrogen-bond acceptors (Lipinski definition) is 3. The van der Waals surface area contributed by atoms with Crippen molar-refractivity contribution in [1.29, 1.82) is 0 Å². The van der Waals surface area contributed by atoms with Crippen LogP contribution in [0.3, 0.4) is 0 Å². The molecule has 2 aromatic heterocycles. The summed E-state index contributed by atoms with van der Waals surface area (Å²) in [5.41, 5.74) is 6.76. The second-order valence-corrected chi connectivity index (χ2v) is 12.6. The number of carboxylic acid groups (broad SMARTS) is 1. The summed E-state index contributed by atoms with van der Waals surface area (Å²) in [6, 6.07) is 23.6. The van der Waals surface area contributed by atoms with Gasteiger partial charge < -0.3 is 9.67 Å². The van der Waals surface area contributed by atoms with Gasteiger partial charge in [0.2, 0.25) is 0 Å². The molecule has 42 heavy (non-hydrogen) atoms. The Bertz CT molecular complexity index is 1840. The quantitative estimate of drug-likeness (QED) is 0.194. The van der Waals surface area contributed by atoms with Crippen LogP contribution < -0.4 is 0 Å². The third kappa shape index (κ3) is 4.89. The lowest BCUT2D eigenvalue weighted by molar-refractivity contribution is -0.142. The van der Waals surface area contributed by atoms with E-state index in [0.29, 0.717) is 35.3 Å². The van der Waals surface area contributed by atoms with E-state index in [-0.39, 0.29) is 29.4 Å². The highest BCUT2D eigenvalue weighted by Gasteiger charge is 2.53. The number of ketones is 1. The first kappa shape index (κ1) is 26.6. The summed E-state index contributed by atoms with van der Waals surface area (Å²) in [4.78, 5) is 29.1. The number of halogens is 1. The van der Waals surface area contributed by atoms with E-state index in [1.807, 2.05) is 23.8 Å². The van der Waals surface area contributed by atoms with Crippen LogP contribution in [0.4, 0.5) is 4.39 Å². The van der Waals surface area contributed by atoms with Crippen molar-refractivity contribution in [2.45, 2.75) is 52.0 Å². The molecule has 0 bridgehead atoms. The van der Waals surface area contributed by atoms with Crippen LogP contribution in [-0.2, 0) is 11.3 Å². The third-order valence-corrected chi connectivity index (χ3v) is 9.47. The number of aryl methyl sites for hydroxylation is 1. The largest absolute Gasteiger partial charge is 0.481 e. The highest BCUT2D eigenvalue weighted by atomic mass is 19.1. The SMILES string of the molecule is Cc1ccc2cc(-c3ccc(Cn4ccc5c(F)ccc(C(=O)CC6CC7(CC(CC(=O)O)C7)C6)c54)cc3)ccc2n1. The summed E-state index contributed by atoms with van der Waals surface area (Å²) in [5.74, 6) is -0.398. The molecule has 1 spiro atoms. The standard InChI is InChI=1S/C36H33FN2O3/c1-22-2-5-28-16-27(8-11-32(28)38-22)26-6-3-23(4-7-26)21-39-13-12-29-31(37)10-9-30(35(29)39)33(40)14-24-17-36(18-24)19-25(20-36)15-34(41)42/h2-13,16,24-25H,14-15,17-21H2,1H3,(H,41,42). The lowest BCUT2D eigenvalue weighted by Gasteiger charge is -2.58. The number of hydrogen-bond donors (Lipinski definition) is 1. The van der Waals surface area contributed by atoms with E-state index in [1.54, 1.807) is 12.1 Å². The zero-order valence-electron chi connectivity index (χ0n) is 23.6. The fourth-order valence-corrected chi connectivity index (χ4v) is 7.62. The smallest absolute Gasteiger partial charge is 0.303 e. The van der Waals surface area contributed by atoms with Gasteiger partial charge in [-0.25, -0.2) is 4.39 Å². The summed E-state index contributed by atoms with van der Waals surface area (Å²) >= 11 is 0. The summed E-state index contributed by atoms with van der Waals surface area (Å²) in [5, 5.41) is 10.6. The van der Waals surface area contributed by atoms with Crippen LogP contribution in [0.15, 0.2) is 79.0 Å². The molecular formula is C36H33FN2O3. The number of carbonyl (C=O) groups is 2. The normalized spacial score (nSPS) is 21.4. The number of pyridine rings is 1. The van der Waals surface area contributed by atoms with Gasteiger partial charge >= 0.3 is 5.97 Å². The van der Waals surface area contributed by atoms with Crippen LogP contribution in [-0.4, -0.2) is 26.4 Å². The van der Waals surface area contributed by atoms with Crippen molar-refractivity contribution >= 4 is 33.6 Å². The first-order valence-corrected chi connectivity index (χ1v) is 14.7. The Kier molecular flexibility index (Phi) is 6.45. The Morgan fingerprint density at radius 2 is 1.62 bits per heavy atom. The van der Waals surface area contributed by atoms with Gasteiger partial charge in [-0.2, -0.15) is 0 Å². The maximum atomic E-state index is 14.8. The van der Waals surface area contributed by atoms with Crippen LogP contribution >= 0.6 is 0 Å². The molecule has 0 saturated heterocycles. The van der Waals surface area contributed by atoms with E-state index >= 15 is 0 Å². The number of Topliss-reactive ketones (excluding diaryl/α,β-unsaturated/α-hetero) is 1. The number of benzene rings is 3. The molecule has 2 saturated carbocycles. The predicted octanol–water partition coefficient (Wildman–Crippen LogP) is 8.21. The fraction of sp³-hybridized carbons (Fsp3) is 0.306. The van der Waals surface area contributed by atoms with Gasteiger partial charge in [0.25, 0.3) is 0 Å². The summed E-state index contributed by atoms with van der Waals surface area (Å²) < 4.78 is 16.8. The molecule has 2 aliphatic carbocycles. The molecule has 0 unspecified atom stereocenters. The Morgan fingerprint density at radius 3 is 2.36 bits per heavy atom. The molecule has 1 N–H and O–H groups in total. The second-order valence-electron chi connectivity index (χ2n) is 12.6. The van der Waals surface area contributed by atoms with Gasteiger partial charge in [0.05, 0.1) is 11.0 Å². The monoisotopic (exact) mass is 560 g/mol. The molecule has 212 valence electrons. The number of aliphatic carboxylic acids is 1. The number of aromatic nitrogens is 2. The van der Waals surface area contributed by atoms with Crippen molar-refractivity contribution in [2.75, 3.05) is 0 Å². The number of carboxylic acids is 1. The molecule has 0 amide bonds. The Hall–Kier alpha value is -4.32. The van der Waals surface area contributed by atoms with Crippen molar-refractivity contribution in [3.63, 3.8) is 0 Å². The van der Waals surface area contributed by atoms with E-state index in [1.165, 1.54) is 6.07 Å². The molecule has 2 aliphatic rings. The van der Waals surface area contributed by atoms with Crippen LogP contribution in [0.1, 0.15) is 60.1 Å². The van der Waals surface area contributed by atoms with Gasteiger partial charge in [-0.15, -0.1) is 0 Å². The Morgan fingerprint density at radius 1 is 0.905 bits per heavy atom. The van der Waals surface area contributed by atoms with Gasteiger partial charge in [0.15, 0.2) is 5.78 Å². The third-order valence-electron chi connectivity index (χ3n) is 9.47. The summed E-state index contributed by atoms with van der Waals surface area (Å²) in [7, 11) is 0. The van der Waals surface area contributed by atoms with Crippen LogP contribution in [0.2, 0.25) is 0 Å². The molecular weight excluding hydrogens is 527 g/mol. The Labute approximate surface area is 244 Å². The van der Waals surface area contributed by atoms with Crippen LogP contribution in [0, 0.1) is 30.0 Å². The van der Waals surface area contributed by atoms with Gasteiger partial charge in [-0.1, -0.05) is 36.4 Å². The molecule has 6 heteroatoms. The highest BCUT2D eigenvalue weighted by molar-refractivity contribution is 6.07. The number of fused-ring (bicyclic) bond motifs is 2. The van der Waals surface area contributed by atoms with Crippen molar-refractivity contribution < 1.29 is 19.1 Å². The van der Waals surface area contributed by atoms with Gasteiger partial charge in [-0.05, 0) is 103 Å². The molecule has 0 atom stereocenters. The molecule has 3 aromatic carbocycles. The minimum absolute atomic E-state index is 0.0533. The van der Waals surface area contributed by atoms with Gasteiger partial charge in [0, 0.05) is 47.6 Å². The average molecular weight is 561 g/mol. The van der Waals surface area contributed by atoms with Crippen molar-refractivity contribution in [1.82, 2.24) is 9.55 Å². The Balaban J connectivity index is 1.07. The molecule has 7 rings (SSSR count). The molecule has 0 radical (unpaired) electrons. The summed E-state index contributed by atoms with van der Waals surface area (Å²) in [6.45, 7) is 2.53. The second kappa shape index (κ2) is 10.2. The maximum absolute atomic E-state index is 14.8. The number of nitrogens with zero attached hydrogens (tertiary/aromatic N) is 2. The highest BCUT2D eigenvalue weighted by Crippen LogP contribution is 2.62. The minimum atomic E-state index is -0.724. The van der Waals surface area contributed by atoms with Crippen molar-refractivity contribution in [3.8, 4) is 11.1 Å². The van der Waals surface area contributed by atoms with E-state index in [0.717, 1.165) is 59.0 Å². The van der Waals surface area contributed by atoms with E-state index in [9.17, 15) is 14.0 Å². The fourth-order valence-electron chi connectivity index (χ4n) is 7.62. The predicted molar refractivity (Wildman–Crippen MR) is 162 cm³/mol. The van der Waals surface area contributed by atoms with E-state index in [4.69, 9.17) is 5.11 Å². The first-order chi connectivity index (χ1) is 20.2. The summed E-state index contributed by atoms with van der Waals surface area (Å²) in [6.07, 6.45) is 6.46. The molecule has 2 heterocycles. The van der Waals surface area contributed by atoms with E-state index in [2.05, 4.69) is 53.5 Å². The topological polar surface area (TPSA) is 72.2 Å². The zero-order chi connectivity index (χ0) is 29.0. The molecule has 0 aliphatic heterocycles. The molecule has 5 nitrogen and oxygen atoms in total. The van der Waals surface area contributed by atoms with Crippen LogP contribution in [0.5, 0.6) is 0 Å². The zero-order valence-corrected chi connectivity index (χ0v) is 23.6. The van der Waals surface area contributed by atoms with Gasteiger partial charge in [-0.3, -0.25) is 14.6 Å². The van der Waals surface area contributed by atoms with Crippen molar-refractivity contribution in [3.05, 3.63) is 102 Å². The van der Waals surface area contributed by atoms with E-state index < -0.39 is 5.97 Å². The number of rotatable bonds is 8. The molecule has 5 aromatic rings. The maximum Gasteiger partial charge on any atom is 0.303 e. The minimum Gasteiger partial charge on any atom is -0.481 e. The van der Waals surface area contributed by atoms with Crippen LogP contribution in [0.25, 0.3) is 32.9 Å².